The molecule has 6 heteroatoms. The second-order valence-electron chi connectivity index (χ2n) is 17.5. The quantitative estimate of drug-likeness (QED) is 0.0311. The van der Waals surface area contributed by atoms with Crippen molar-refractivity contribution in [2.24, 2.45) is 0 Å². The summed E-state index contributed by atoms with van der Waals surface area (Å²) in [6, 6.07) is -1.01. The highest BCUT2D eigenvalue weighted by Gasteiger charge is 2.28. The van der Waals surface area contributed by atoms with Gasteiger partial charge in [-0.3, -0.25) is 4.79 Å². The number of rotatable bonds is 46. The second-order valence-corrected chi connectivity index (χ2v) is 17.5. The third-order valence-electron chi connectivity index (χ3n) is 11.9. The van der Waals surface area contributed by atoms with E-state index < -0.39 is 36.9 Å². The topological polar surface area (TPSA) is 110 Å². The predicted molar refractivity (Wildman–Crippen MR) is 247 cm³/mol. The van der Waals surface area contributed by atoms with Gasteiger partial charge in [-0.25, -0.2) is 0 Å². The monoisotopic (exact) mass is 806 g/mol. The van der Waals surface area contributed by atoms with E-state index in [0.29, 0.717) is 19.3 Å². The standard InChI is InChI=1S/C51H99NO5/c1-3-5-7-9-11-13-15-17-19-21-23-24-25-26-27-29-30-32-34-36-38-40-42-44-48(54)50(56)47(46-53)52-51(57)49(55)45-43-41-39-37-35-33-31-28-22-20-18-16-14-12-10-8-6-4-2/h29-30,36,38,47-50,53-56H,3-28,31-35,37,39-46H2,1-2H3,(H,52,57)/b30-29+,38-36+. The number of hydrogen-bond donors (Lipinski definition) is 5. The first-order valence-electron chi connectivity index (χ1n) is 25.2. The summed E-state index contributed by atoms with van der Waals surface area (Å²) in [5, 5.41) is 43.8. The molecule has 0 aliphatic rings. The van der Waals surface area contributed by atoms with E-state index >= 15 is 0 Å². The number of carbonyl (C=O) groups is 1. The number of hydrogen-bond acceptors (Lipinski definition) is 5. The number of nitrogens with one attached hydrogen (secondary N) is 1. The van der Waals surface area contributed by atoms with Crippen molar-refractivity contribution in [2.45, 2.75) is 289 Å². The molecule has 0 rings (SSSR count). The first-order valence-corrected chi connectivity index (χ1v) is 25.2. The maximum Gasteiger partial charge on any atom is 0.249 e. The zero-order valence-corrected chi connectivity index (χ0v) is 38.1. The van der Waals surface area contributed by atoms with E-state index in [1.165, 1.54) is 193 Å². The summed E-state index contributed by atoms with van der Waals surface area (Å²) in [5.41, 5.74) is 0. The van der Waals surface area contributed by atoms with Gasteiger partial charge in [-0.1, -0.05) is 237 Å². The molecule has 0 radical (unpaired) electrons. The van der Waals surface area contributed by atoms with Gasteiger partial charge in [0.2, 0.25) is 5.91 Å². The molecule has 0 spiro atoms. The van der Waals surface area contributed by atoms with Gasteiger partial charge in [0, 0.05) is 0 Å². The summed E-state index contributed by atoms with van der Waals surface area (Å²) >= 11 is 0. The Morgan fingerprint density at radius 3 is 1.11 bits per heavy atom. The van der Waals surface area contributed by atoms with Gasteiger partial charge in [-0.15, -0.1) is 0 Å². The van der Waals surface area contributed by atoms with E-state index in [2.05, 4.69) is 43.5 Å². The van der Waals surface area contributed by atoms with Crippen molar-refractivity contribution in [3.05, 3.63) is 24.3 Å². The number of unbranched alkanes of at least 4 members (excludes halogenated alkanes) is 33. The number of amides is 1. The summed E-state index contributed by atoms with van der Waals surface area (Å²) in [5.74, 6) is -0.594. The minimum absolute atomic E-state index is 0.364. The summed E-state index contributed by atoms with van der Waals surface area (Å²) in [6.45, 7) is 4.06. The summed E-state index contributed by atoms with van der Waals surface area (Å²) in [4.78, 5) is 12.5. The lowest BCUT2D eigenvalue weighted by molar-refractivity contribution is -0.132. The molecule has 0 fully saturated rings. The fraction of sp³-hybridized carbons (Fsp3) is 0.902. The van der Waals surface area contributed by atoms with Crippen molar-refractivity contribution in [3.63, 3.8) is 0 Å². The van der Waals surface area contributed by atoms with Crippen molar-refractivity contribution < 1.29 is 25.2 Å². The molecule has 338 valence electrons. The van der Waals surface area contributed by atoms with E-state index in [0.717, 1.165) is 38.5 Å². The predicted octanol–water partition coefficient (Wildman–Crippen LogP) is 13.9. The van der Waals surface area contributed by atoms with Gasteiger partial charge in [-0.2, -0.15) is 0 Å². The van der Waals surface area contributed by atoms with Gasteiger partial charge in [0.25, 0.3) is 0 Å². The molecule has 0 bridgehead atoms. The molecule has 0 heterocycles. The zero-order chi connectivity index (χ0) is 41.7. The van der Waals surface area contributed by atoms with Gasteiger partial charge in [0.15, 0.2) is 0 Å². The lowest BCUT2D eigenvalue weighted by atomic mass is 10.00. The Morgan fingerprint density at radius 1 is 0.421 bits per heavy atom. The van der Waals surface area contributed by atoms with E-state index in [9.17, 15) is 25.2 Å². The molecular weight excluding hydrogens is 707 g/mol. The first-order chi connectivity index (χ1) is 28.0. The van der Waals surface area contributed by atoms with Crippen molar-refractivity contribution in [1.82, 2.24) is 5.32 Å². The van der Waals surface area contributed by atoms with Crippen LogP contribution in [-0.2, 0) is 4.79 Å². The number of aliphatic hydroxyl groups is 4. The van der Waals surface area contributed by atoms with Crippen LogP contribution in [0.3, 0.4) is 0 Å². The van der Waals surface area contributed by atoms with E-state index in [-0.39, 0.29) is 0 Å². The van der Waals surface area contributed by atoms with Crippen LogP contribution in [0.4, 0.5) is 0 Å². The lowest BCUT2D eigenvalue weighted by Crippen LogP contribution is -2.53. The van der Waals surface area contributed by atoms with Crippen LogP contribution in [0, 0.1) is 0 Å². The third-order valence-corrected chi connectivity index (χ3v) is 11.9. The molecule has 0 aromatic rings. The Bertz CT molecular complexity index is 863. The van der Waals surface area contributed by atoms with Crippen LogP contribution in [0.1, 0.15) is 264 Å². The normalized spacial score (nSPS) is 14.1. The summed E-state index contributed by atoms with van der Waals surface area (Å²) < 4.78 is 0. The number of aliphatic hydroxyl groups excluding tert-OH is 4. The van der Waals surface area contributed by atoms with Gasteiger partial charge in [0.05, 0.1) is 18.8 Å². The summed E-state index contributed by atoms with van der Waals surface area (Å²) in [6.07, 6.45) is 53.7. The Kier molecular flexibility index (Phi) is 44.9. The minimum atomic E-state index is -1.29. The Labute approximate surface area is 354 Å². The van der Waals surface area contributed by atoms with Crippen LogP contribution in [0.5, 0.6) is 0 Å². The van der Waals surface area contributed by atoms with Gasteiger partial charge in [-0.05, 0) is 51.4 Å². The van der Waals surface area contributed by atoms with Gasteiger partial charge in [0.1, 0.15) is 12.2 Å². The van der Waals surface area contributed by atoms with Crippen LogP contribution >= 0.6 is 0 Å². The zero-order valence-electron chi connectivity index (χ0n) is 38.1. The van der Waals surface area contributed by atoms with Crippen molar-refractivity contribution in [3.8, 4) is 0 Å². The largest absolute Gasteiger partial charge is 0.394 e. The first kappa shape index (κ1) is 55.8. The fourth-order valence-electron chi connectivity index (χ4n) is 7.89. The minimum Gasteiger partial charge on any atom is -0.394 e. The molecule has 1 amide bonds. The highest BCUT2D eigenvalue weighted by atomic mass is 16.3. The molecule has 0 aromatic heterocycles. The average molecular weight is 806 g/mol. The highest BCUT2D eigenvalue weighted by Crippen LogP contribution is 2.17. The van der Waals surface area contributed by atoms with Gasteiger partial charge < -0.3 is 25.7 Å². The fourth-order valence-corrected chi connectivity index (χ4v) is 7.89. The highest BCUT2D eigenvalue weighted by molar-refractivity contribution is 5.80. The number of allylic oxidation sites excluding steroid dienone is 4. The van der Waals surface area contributed by atoms with Crippen molar-refractivity contribution in [1.29, 1.82) is 0 Å². The molecule has 57 heavy (non-hydrogen) atoms. The molecule has 4 unspecified atom stereocenters. The molecular formula is C51H99NO5. The summed E-state index contributed by atoms with van der Waals surface area (Å²) in [7, 11) is 0. The lowest BCUT2D eigenvalue weighted by Gasteiger charge is -2.27. The number of carbonyl (C=O) groups excluding carboxylic acids is 1. The van der Waals surface area contributed by atoms with Crippen LogP contribution in [0.15, 0.2) is 24.3 Å². The molecule has 5 N–H and O–H groups in total. The molecule has 0 aliphatic heterocycles. The van der Waals surface area contributed by atoms with Crippen LogP contribution < -0.4 is 5.32 Å². The second kappa shape index (κ2) is 45.9. The van der Waals surface area contributed by atoms with Gasteiger partial charge >= 0.3 is 0 Å². The third kappa shape index (κ3) is 40.0. The Balaban J connectivity index is 3.72. The average Bonchev–Trinajstić information content (AvgIpc) is 3.22. The SMILES string of the molecule is CCCCCCCCCCCCCCCC/C=C/CC/C=C/CCCC(O)C(O)C(CO)NC(=O)C(O)CCCCCCCCCCCCCCCCCCCC. The molecule has 0 saturated heterocycles. The van der Waals surface area contributed by atoms with E-state index in [4.69, 9.17) is 0 Å². The van der Waals surface area contributed by atoms with Crippen LogP contribution in [0.2, 0.25) is 0 Å². The maximum absolute atomic E-state index is 12.5. The smallest absolute Gasteiger partial charge is 0.249 e. The molecule has 0 saturated carbocycles. The van der Waals surface area contributed by atoms with E-state index in [1.54, 1.807) is 0 Å². The van der Waals surface area contributed by atoms with Crippen LogP contribution in [-0.4, -0.2) is 57.3 Å². The Morgan fingerprint density at radius 2 is 0.737 bits per heavy atom. The molecule has 6 nitrogen and oxygen atoms in total. The molecule has 4 atom stereocenters. The van der Waals surface area contributed by atoms with Crippen LogP contribution in [0.25, 0.3) is 0 Å². The maximum atomic E-state index is 12.5. The molecule has 0 aliphatic carbocycles. The van der Waals surface area contributed by atoms with Crippen molar-refractivity contribution >= 4 is 5.91 Å². The van der Waals surface area contributed by atoms with Crippen molar-refractivity contribution in [2.75, 3.05) is 6.61 Å². The Hall–Kier alpha value is -1.21. The molecule has 0 aromatic carbocycles. The van der Waals surface area contributed by atoms with E-state index in [1.807, 2.05) is 0 Å².